The third kappa shape index (κ3) is 1.05. The van der Waals surface area contributed by atoms with Crippen LogP contribution in [0.15, 0.2) is 9.98 Å². The van der Waals surface area contributed by atoms with E-state index in [1.807, 2.05) is 6.92 Å². The molecule has 0 spiro atoms. The molecule has 44 valence electrons. The van der Waals surface area contributed by atoms with E-state index in [9.17, 15) is 0 Å². The highest BCUT2D eigenvalue weighted by Crippen LogP contribution is 1.88. The summed E-state index contributed by atoms with van der Waals surface area (Å²) in [4.78, 5) is 8.02. The fraction of sp³-hybridized carbons (Fsp3) is 0.600. The predicted molar refractivity (Wildman–Crippen MR) is 34.2 cm³/mol. The van der Waals surface area contributed by atoms with Crippen molar-refractivity contribution in [3.05, 3.63) is 0 Å². The van der Waals surface area contributed by atoms with Crippen molar-refractivity contribution in [2.75, 3.05) is 6.67 Å². The molecule has 0 aliphatic carbocycles. The number of nitrogens with zero attached hydrogens (tertiary/aromatic N) is 2. The third-order valence-corrected chi connectivity index (χ3v) is 0.974. The first-order valence-electron chi connectivity index (χ1n) is 2.72. The van der Waals surface area contributed by atoms with Crippen LogP contribution in [0.25, 0.3) is 0 Å². The normalized spacial score (nSPS) is 17.4. The molecule has 3 nitrogen and oxygen atoms in total. The fourth-order valence-corrected chi connectivity index (χ4v) is 0.542. The molecule has 0 aromatic heterocycles. The molecule has 0 fully saturated rings. The van der Waals surface area contributed by atoms with Gasteiger partial charge in [0.1, 0.15) is 12.5 Å². The smallest absolute Gasteiger partial charge is 0.126 e. The first-order valence-corrected chi connectivity index (χ1v) is 2.72. The SMILES string of the molecule is CCC1=NCNC=N1. The Kier molecular flexibility index (Phi) is 1.62. The Labute approximate surface area is 48.5 Å². The minimum atomic E-state index is 0.687. The molecular weight excluding hydrogens is 102 g/mol. The van der Waals surface area contributed by atoms with Gasteiger partial charge in [-0.15, -0.1) is 0 Å². The summed E-state index contributed by atoms with van der Waals surface area (Å²) < 4.78 is 0. The summed E-state index contributed by atoms with van der Waals surface area (Å²) in [6.45, 7) is 2.73. The average molecular weight is 111 g/mol. The van der Waals surface area contributed by atoms with E-state index in [1.54, 1.807) is 6.34 Å². The van der Waals surface area contributed by atoms with Crippen LogP contribution < -0.4 is 5.32 Å². The topological polar surface area (TPSA) is 36.8 Å². The molecule has 0 aromatic rings. The molecule has 0 saturated heterocycles. The molecule has 0 aromatic carbocycles. The Balaban J connectivity index is 2.51. The van der Waals surface area contributed by atoms with E-state index in [-0.39, 0.29) is 0 Å². The molecule has 1 rings (SSSR count). The van der Waals surface area contributed by atoms with E-state index >= 15 is 0 Å². The van der Waals surface area contributed by atoms with Crippen molar-refractivity contribution in [2.45, 2.75) is 13.3 Å². The Hall–Kier alpha value is -0.860. The number of hydrogen-bond acceptors (Lipinski definition) is 3. The van der Waals surface area contributed by atoms with E-state index in [1.165, 1.54) is 0 Å². The van der Waals surface area contributed by atoms with Crippen molar-refractivity contribution in [1.29, 1.82) is 0 Å². The monoisotopic (exact) mass is 111 g/mol. The summed E-state index contributed by atoms with van der Waals surface area (Å²) in [7, 11) is 0. The molecule has 8 heavy (non-hydrogen) atoms. The van der Waals surface area contributed by atoms with Gasteiger partial charge < -0.3 is 5.32 Å². The predicted octanol–water partition coefficient (Wildman–Crippen LogP) is 0.384. The zero-order valence-corrected chi connectivity index (χ0v) is 4.89. The number of amidine groups is 1. The van der Waals surface area contributed by atoms with Crippen LogP contribution in [-0.4, -0.2) is 18.8 Å². The number of rotatable bonds is 1. The fourth-order valence-electron chi connectivity index (χ4n) is 0.542. The maximum atomic E-state index is 4.06. The van der Waals surface area contributed by atoms with E-state index in [4.69, 9.17) is 0 Å². The molecule has 0 radical (unpaired) electrons. The lowest BCUT2D eigenvalue weighted by Crippen LogP contribution is -2.17. The number of nitrogens with one attached hydrogen (secondary N) is 1. The molecular formula is C5H9N3. The van der Waals surface area contributed by atoms with Gasteiger partial charge in [-0.1, -0.05) is 6.92 Å². The van der Waals surface area contributed by atoms with Gasteiger partial charge in [0.05, 0.1) is 6.34 Å². The lowest BCUT2D eigenvalue weighted by atomic mass is 10.4. The van der Waals surface area contributed by atoms with Gasteiger partial charge in [0.25, 0.3) is 0 Å². The Morgan fingerprint density at radius 3 is 3.12 bits per heavy atom. The van der Waals surface area contributed by atoms with Gasteiger partial charge in [-0.3, -0.25) is 0 Å². The second kappa shape index (κ2) is 2.45. The lowest BCUT2D eigenvalue weighted by molar-refractivity contribution is 0.913. The average Bonchev–Trinajstić information content (AvgIpc) is 1.90. The van der Waals surface area contributed by atoms with Crippen LogP contribution in [0.1, 0.15) is 13.3 Å². The van der Waals surface area contributed by atoms with Crippen LogP contribution in [0.4, 0.5) is 0 Å². The highest BCUT2D eigenvalue weighted by molar-refractivity contribution is 5.90. The largest absolute Gasteiger partial charge is 0.357 e. The molecule has 0 atom stereocenters. The Bertz CT molecular complexity index is 126. The summed E-state index contributed by atoms with van der Waals surface area (Å²) in [5.41, 5.74) is 0. The van der Waals surface area contributed by atoms with Crippen molar-refractivity contribution in [3.63, 3.8) is 0 Å². The van der Waals surface area contributed by atoms with Crippen molar-refractivity contribution >= 4 is 12.2 Å². The second-order valence-corrected chi connectivity index (χ2v) is 1.55. The van der Waals surface area contributed by atoms with Gasteiger partial charge in [0.15, 0.2) is 0 Å². The van der Waals surface area contributed by atoms with E-state index < -0.39 is 0 Å². The van der Waals surface area contributed by atoms with Crippen LogP contribution in [0.3, 0.4) is 0 Å². The Morgan fingerprint density at radius 2 is 2.75 bits per heavy atom. The summed E-state index contributed by atoms with van der Waals surface area (Å²) in [5, 5.41) is 2.87. The summed E-state index contributed by atoms with van der Waals surface area (Å²) in [5.74, 6) is 0.934. The Morgan fingerprint density at radius 1 is 1.88 bits per heavy atom. The molecule has 0 bridgehead atoms. The molecule has 1 heterocycles. The lowest BCUT2D eigenvalue weighted by Gasteiger charge is -2.02. The maximum absolute atomic E-state index is 4.06. The molecule has 3 heteroatoms. The summed E-state index contributed by atoms with van der Waals surface area (Å²) in [6, 6.07) is 0. The van der Waals surface area contributed by atoms with Crippen molar-refractivity contribution < 1.29 is 0 Å². The van der Waals surface area contributed by atoms with Gasteiger partial charge in [0.2, 0.25) is 0 Å². The van der Waals surface area contributed by atoms with Gasteiger partial charge in [-0.05, 0) is 0 Å². The van der Waals surface area contributed by atoms with E-state index in [0.717, 1.165) is 12.3 Å². The molecule has 0 amide bonds. The van der Waals surface area contributed by atoms with Crippen LogP contribution in [-0.2, 0) is 0 Å². The minimum absolute atomic E-state index is 0.687. The van der Waals surface area contributed by atoms with Crippen molar-refractivity contribution in [3.8, 4) is 0 Å². The molecule has 0 unspecified atom stereocenters. The maximum Gasteiger partial charge on any atom is 0.126 e. The minimum Gasteiger partial charge on any atom is -0.357 e. The standard InChI is InChI=1S/C5H9N3/c1-2-5-7-3-6-4-8-5/h3H,2,4H2,1H3,(H,6,7,8). The zero-order valence-electron chi connectivity index (χ0n) is 4.89. The van der Waals surface area contributed by atoms with Crippen LogP contribution >= 0.6 is 0 Å². The van der Waals surface area contributed by atoms with Crippen LogP contribution in [0, 0.1) is 0 Å². The molecule has 1 N–H and O–H groups in total. The quantitative estimate of drug-likeness (QED) is 0.522. The van der Waals surface area contributed by atoms with Crippen molar-refractivity contribution in [2.24, 2.45) is 9.98 Å². The molecule has 1 aliphatic rings. The van der Waals surface area contributed by atoms with Gasteiger partial charge >= 0.3 is 0 Å². The van der Waals surface area contributed by atoms with Gasteiger partial charge in [-0.25, -0.2) is 9.98 Å². The summed E-state index contributed by atoms with van der Waals surface area (Å²) >= 11 is 0. The van der Waals surface area contributed by atoms with Crippen LogP contribution in [0.5, 0.6) is 0 Å². The zero-order chi connectivity index (χ0) is 5.82. The van der Waals surface area contributed by atoms with Gasteiger partial charge in [-0.2, -0.15) is 0 Å². The first kappa shape index (κ1) is 5.28. The highest BCUT2D eigenvalue weighted by Gasteiger charge is 1.92. The number of aliphatic imine (C=N–C) groups is 2. The summed E-state index contributed by atoms with van der Waals surface area (Å²) in [6.07, 6.45) is 2.62. The molecule has 0 saturated carbocycles. The number of hydrogen-bond donors (Lipinski definition) is 1. The highest BCUT2D eigenvalue weighted by atomic mass is 15.1. The first-order chi connectivity index (χ1) is 3.93. The second-order valence-electron chi connectivity index (χ2n) is 1.55. The van der Waals surface area contributed by atoms with Crippen molar-refractivity contribution in [1.82, 2.24) is 5.32 Å². The van der Waals surface area contributed by atoms with E-state index in [0.29, 0.717) is 6.67 Å². The van der Waals surface area contributed by atoms with Gasteiger partial charge in [0, 0.05) is 6.42 Å². The molecule has 1 aliphatic heterocycles. The van der Waals surface area contributed by atoms with E-state index in [2.05, 4.69) is 15.3 Å². The van der Waals surface area contributed by atoms with Crippen LogP contribution in [0.2, 0.25) is 0 Å². The third-order valence-electron chi connectivity index (χ3n) is 0.974.